The van der Waals surface area contributed by atoms with Crippen molar-refractivity contribution in [2.24, 2.45) is 0 Å². The maximum atomic E-state index is 12.5. The lowest BCUT2D eigenvalue weighted by atomic mass is 10.2. The summed E-state index contributed by atoms with van der Waals surface area (Å²) >= 11 is 1.46. The number of rotatable bonds is 8. The summed E-state index contributed by atoms with van der Waals surface area (Å²) in [5.41, 5.74) is 1.80. The van der Waals surface area contributed by atoms with E-state index in [4.69, 9.17) is 9.47 Å². The molecule has 10 nitrogen and oxygen atoms in total. The van der Waals surface area contributed by atoms with Crippen molar-refractivity contribution in [3.63, 3.8) is 0 Å². The van der Waals surface area contributed by atoms with Crippen LogP contribution >= 0.6 is 11.8 Å². The maximum Gasteiger partial charge on any atom is 0.414 e. The van der Waals surface area contributed by atoms with Gasteiger partial charge in [0.05, 0.1) is 43.3 Å². The van der Waals surface area contributed by atoms with Gasteiger partial charge in [-0.1, -0.05) is 0 Å². The zero-order valence-corrected chi connectivity index (χ0v) is 20.4. The van der Waals surface area contributed by atoms with Gasteiger partial charge >= 0.3 is 6.09 Å². The molecule has 2 aromatic carbocycles. The molecule has 11 heteroatoms. The number of ether oxygens (including phenoxy) is 2. The normalized spacial score (nSPS) is 18.1. The van der Waals surface area contributed by atoms with Gasteiger partial charge in [0.25, 0.3) is 5.56 Å². The van der Waals surface area contributed by atoms with E-state index in [-0.39, 0.29) is 24.6 Å². The number of pyridine rings is 1. The molecule has 0 aliphatic carbocycles. The second-order valence-corrected chi connectivity index (χ2v) is 9.67. The fraction of sp³-hybridized carbons (Fsp3) is 0.320. The molecule has 1 aromatic heterocycles. The maximum absolute atomic E-state index is 12.5. The van der Waals surface area contributed by atoms with Gasteiger partial charge in [0.1, 0.15) is 11.9 Å². The monoisotopic (exact) mass is 510 g/mol. The molecule has 5 rings (SSSR count). The van der Waals surface area contributed by atoms with Gasteiger partial charge in [0.2, 0.25) is 5.91 Å². The molecule has 3 heterocycles. The van der Waals surface area contributed by atoms with Crippen molar-refractivity contribution in [2.75, 3.05) is 42.7 Å². The molecule has 0 unspecified atom stereocenters. The number of aliphatic hydroxyl groups excluding tert-OH is 1. The van der Waals surface area contributed by atoms with Crippen LogP contribution < -0.4 is 25.8 Å². The van der Waals surface area contributed by atoms with Gasteiger partial charge in [-0.25, -0.2) is 4.79 Å². The zero-order chi connectivity index (χ0) is 25.2. The predicted molar refractivity (Wildman–Crippen MR) is 137 cm³/mol. The first-order chi connectivity index (χ1) is 17.4. The molecule has 2 atom stereocenters. The minimum atomic E-state index is -0.838. The number of nitrogens with one attached hydrogen (secondary N) is 2. The third-order valence-corrected chi connectivity index (χ3v) is 7.20. The first-order valence-corrected chi connectivity index (χ1v) is 12.5. The number of benzene rings is 2. The fourth-order valence-corrected chi connectivity index (χ4v) is 5.14. The molecule has 1 saturated heterocycles. The summed E-state index contributed by atoms with van der Waals surface area (Å²) in [4.78, 5) is 39.1. The number of nitrogens with zero attached hydrogens (tertiary/aromatic N) is 2. The van der Waals surface area contributed by atoms with E-state index in [1.807, 2.05) is 24.3 Å². The summed E-state index contributed by atoms with van der Waals surface area (Å²) in [5.74, 6) is 0.933. The third-order valence-electron chi connectivity index (χ3n) is 6.13. The van der Waals surface area contributed by atoms with Crippen LogP contribution in [0.3, 0.4) is 0 Å². The number of amides is 2. The topological polar surface area (TPSA) is 122 Å². The van der Waals surface area contributed by atoms with Crippen molar-refractivity contribution < 1.29 is 24.2 Å². The molecule has 3 N–H and O–H groups in total. The summed E-state index contributed by atoms with van der Waals surface area (Å²) in [6, 6.07) is 14.2. The van der Waals surface area contributed by atoms with Crippen molar-refractivity contribution >= 4 is 46.0 Å². The standard InChI is InChI=1S/C25H26N4O6S/c1-34-18-5-2-15-3-7-24(32)29(21(15)9-18)12-17(30)10-26-11-19-13-28(25(33)35-19)16-4-6-22-20(8-16)27-23(31)14-36-22/h2-9,17,19,26,30H,10-14H2,1H3,(H,27,31)/t17-,19-/m1/s1. The molecule has 0 bridgehead atoms. The quantitative estimate of drug-likeness (QED) is 0.421. The van der Waals surface area contributed by atoms with Gasteiger partial charge < -0.3 is 29.8 Å². The summed E-state index contributed by atoms with van der Waals surface area (Å²) in [6.07, 6.45) is -1.71. The second kappa shape index (κ2) is 10.2. The van der Waals surface area contributed by atoms with Crippen LogP contribution in [0, 0.1) is 0 Å². The largest absolute Gasteiger partial charge is 0.497 e. The van der Waals surface area contributed by atoms with Crippen LogP contribution in [0.15, 0.2) is 58.2 Å². The van der Waals surface area contributed by atoms with Crippen LogP contribution in [0.4, 0.5) is 16.2 Å². The number of methoxy groups -OCH3 is 1. The molecule has 188 valence electrons. The number of hydrogen-bond donors (Lipinski definition) is 3. The third kappa shape index (κ3) is 5.03. The highest BCUT2D eigenvalue weighted by Gasteiger charge is 2.33. The highest BCUT2D eigenvalue weighted by molar-refractivity contribution is 8.00. The number of anilines is 2. The Balaban J connectivity index is 1.17. The Labute approximate surface area is 211 Å². The van der Waals surface area contributed by atoms with Gasteiger partial charge in [0, 0.05) is 35.8 Å². The van der Waals surface area contributed by atoms with Gasteiger partial charge in [-0.2, -0.15) is 0 Å². The van der Waals surface area contributed by atoms with Crippen molar-refractivity contribution in [1.82, 2.24) is 9.88 Å². The fourth-order valence-electron chi connectivity index (χ4n) is 4.35. The van der Waals surface area contributed by atoms with E-state index in [9.17, 15) is 19.5 Å². The number of carbonyl (C=O) groups excluding carboxylic acids is 2. The Morgan fingerprint density at radius 3 is 2.86 bits per heavy atom. The van der Waals surface area contributed by atoms with E-state index in [1.54, 1.807) is 25.3 Å². The van der Waals surface area contributed by atoms with E-state index in [2.05, 4.69) is 10.6 Å². The Morgan fingerprint density at radius 1 is 1.19 bits per heavy atom. The molecule has 2 aliphatic heterocycles. The molecule has 0 spiro atoms. The smallest absolute Gasteiger partial charge is 0.414 e. The van der Waals surface area contributed by atoms with E-state index < -0.39 is 18.3 Å². The molecule has 0 radical (unpaired) electrons. The number of cyclic esters (lactones) is 1. The number of fused-ring (bicyclic) bond motifs is 2. The van der Waals surface area contributed by atoms with Crippen LogP contribution in [-0.2, 0) is 16.1 Å². The average Bonchev–Trinajstić information content (AvgIpc) is 3.25. The van der Waals surface area contributed by atoms with E-state index >= 15 is 0 Å². The van der Waals surface area contributed by atoms with Gasteiger partial charge in [-0.05, 0) is 41.8 Å². The number of aromatic nitrogens is 1. The highest BCUT2D eigenvalue weighted by atomic mass is 32.2. The Hall–Kier alpha value is -3.54. The van der Waals surface area contributed by atoms with Gasteiger partial charge in [-0.15, -0.1) is 11.8 Å². The summed E-state index contributed by atoms with van der Waals surface area (Å²) in [7, 11) is 1.56. The molecule has 3 aromatic rings. The average molecular weight is 511 g/mol. The van der Waals surface area contributed by atoms with Crippen molar-refractivity contribution in [3.8, 4) is 5.75 Å². The van der Waals surface area contributed by atoms with Crippen molar-refractivity contribution in [2.45, 2.75) is 23.6 Å². The van der Waals surface area contributed by atoms with Crippen molar-refractivity contribution in [1.29, 1.82) is 0 Å². The second-order valence-electron chi connectivity index (χ2n) is 8.65. The van der Waals surface area contributed by atoms with Crippen LogP contribution in [0.1, 0.15) is 0 Å². The zero-order valence-electron chi connectivity index (χ0n) is 19.6. The molecular formula is C25H26N4O6S. The van der Waals surface area contributed by atoms with Gasteiger partial charge in [-0.3, -0.25) is 14.5 Å². The van der Waals surface area contributed by atoms with Gasteiger partial charge in [0.15, 0.2) is 0 Å². The van der Waals surface area contributed by atoms with Crippen molar-refractivity contribution in [3.05, 3.63) is 58.9 Å². The number of hydrogen-bond acceptors (Lipinski definition) is 8. The minimum Gasteiger partial charge on any atom is -0.497 e. The minimum absolute atomic E-state index is 0.0702. The van der Waals surface area contributed by atoms with E-state index in [0.29, 0.717) is 41.5 Å². The molecule has 2 aliphatic rings. The first-order valence-electron chi connectivity index (χ1n) is 11.5. The molecule has 1 fully saturated rings. The summed E-state index contributed by atoms with van der Waals surface area (Å²) in [5, 5.41) is 17.4. The van der Waals surface area contributed by atoms with Crippen LogP contribution in [-0.4, -0.2) is 66.4 Å². The molecule has 0 saturated carbocycles. The predicted octanol–water partition coefficient (Wildman–Crippen LogP) is 2.03. The number of thioether (sulfide) groups is 1. The molecule has 36 heavy (non-hydrogen) atoms. The van der Waals surface area contributed by atoms with Crippen LogP contribution in [0.25, 0.3) is 10.9 Å². The Morgan fingerprint density at radius 2 is 2.03 bits per heavy atom. The number of aliphatic hydroxyl groups is 1. The Bertz CT molecular complexity index is 1380. The summed E-state index contributed by atoms with van der Waals surface area (Å²) < 4.78 is 12.3. The summed E-state index contributed by atoms with van der Waals surface area (Å²) in [6.45, 7) is 0.994. The van der Waals surface area contributed by atoms with E-state index in [0.717, 1.165) is 10.3 Å². The molecular weight excluding hydrogens is 484 g/mol. The molecule has 2 amide bonds. The van der Waals surface area contributed by atoms with E-state index in [1.165, 1.54) is 27.3 Å². The Kier molecular flexibility index (Phi) is 6.86. The SMILES string of the molecule is COc1ccc2ccc(=O)n(C[C@H](O)CNC[C@@H]3CN(c4ccc5c(c4)NC(=O)CS5)C(=O)O3)c2c1. The lowest BCUT2D eigenvalue weighted by Gasteiger charge is -2.20. The first kappa shape index (κ1) is 24.2. The number of carbonyl (C=O) groups is 2. The van der Waals surface area contributed by atoms with Crippen LogP contribution in [0.2, 0.25) is 0 Å². The lowest BCUT2D eigenvalue weighted by molar-refractivity contribution is -0.113. The van der Waals surface area contributed by atoms with Crippen LogP contribution in [0.5, 0.6) is 5.75 Å². The highest BCUT2D eigenvalue weighted by Crippen LogP contribution is 2.35. The lowest BCUT2D eigenvalue weighted by Crippen LogP contribution is -2.38.